The quantitative estimate of drug-likeness (QED) is 0.493. The molecule has 2 N–H and O–H groups in total. The van der Waals surface area contributed by atoms with Crippen LogP contribution in [-0.2, 0) is 10.2 Å². The Labute approximate surface area is 184 Å². The molecular weight excluding hydrogens is 394 g/mol. The second-order valence-electron chi connectivity index (χ2n) is 7.47. The highest BCUT2D eigenvalue weighted by Gasteiger charge is 2.34. The Morgan fingerprint density at radius 2 is 1.77 bits per heavy atom. The minimum absolute atomic E-state index is 0.0291. The molecule has 0 saturated carbocycles. The van der Waals surface area contributed by atoms with Crippen molar-refractivity contribution in [3.05, 3.63) is 48.0 Å². The number of methoxy groups -OCH3 is 2. The Hall–Kier alpha value is -2.93. The first-order valence-electron chi connectivity index (χ1n) is 10.6. The van der Waals surface area contributed by atoms with Crippen molar-refractivity contribution in [3.8, 4) is 17.2 Å². The van der Waals surface area contributed by atoms with E-state index in [1.165, 1.54) is 5.56 Å². The van der Waals surface area contributed by atoms with Crippen molar-refractivity contribution in [2.45, 2.75) is 25.2 Å². The number of nitrogens with one attached hydrogen (secondary N) is 2. The van der Waals surface area contributed by atoms with Crippen molar-refractivity contribution in [3.63, 3.8) is 0 Å². The molecule has 7 heteroatoms. The Balaban J connectivity index is 1.72. The lowest BCUT2D eigenvalue weighted by Crippen LogP contribution is -2.46. The molecule has 1 heterocycles. The predicted molar refractivity (Wildman–Crippen MR) is 124 cm³/mol. The van der Waals surface area contributed by atoms with E-state index in [-0.39, 0.29) is 5.41 Å². The van der Waals surface area contributed by atoms with Crippen LogP contribution in [0.4, 0.5) is 5.69 Å². The summed E-state index contributed by atoms with van der Waals surface area (Å²) in [4.78, 5) is 4.41. The second-order valence-corrected chi connectivity index (χ2v) is 7.47. The van der Waals surface area contributed by atoms with Crippen molar-refractivity contribution in [1.29, 1.82) is 0 Å². The van der Waals surface area contributed by atoms with Gasteiger partial charge in [-0.2, -0.15) is 0 Å². The third kappa shape index (κ3) is 5.61. The number of nitrogens with zero attached hydrogens (tertiary/aromatic N) is 1. The summed E-state index contributed by atoms with van der Waals surface area (Å²) in [5.74, 6) is 2.96. The molecular formula is C24H33N3O4. The molecule has 0 bridgehead atoms. The fourth-order valence-corrected chi connectivity index (χ4v) is 3.86. The van der Waals surface area contributed by atoms with E-state index in [9.17, 15) is 0 Å². The summed E-state index contributed by atoms with van der Waals surface area (Å²) >= 11 is 0. The van der Waals surface area contributed by atoms with Crippen molar-refractivity contribution >= 4 is 11.6 Å². The Morgan fingerprint density at radius 1 is 1.03 bits per heavy atom. The SMILES string of the molecule is CCOc1ccc(NC(=NC)NCC2(c3ccc(OC)cc3)CCOCC2)cc1OC. The molecule has 0 aromatic heterocycles. The average Bonchev–Trinajstić information content (AvgIpc) is 2.83. The molecule has 0 amide bonds. The van der Waals surface area contributed by atoms with Crippen LogP contribution in [-0.4, -0.2) is 53.6 Å². The summed E-state index contributed by atoms with van der Waals surface area (Å²) in [5, 5.41) is 6.86. The highest BCUT2D eigenvalue weighted by atomic mass is 16.5. The normalized spacial score (nSPS) is 15.8. The molecule has 0 radical (unpaired) electrons. The molecule has 1 fully saturated rings. The first-order chi connectivity index (χ1) is 15.1. The van der Waals surface area contributed by atoms with Crippen LogP contribution < -0.4 is 24.8 Å². The molecule has 0 aliphatic carbocycles. The first-order valence-corrected chi connectivity index (χ1v) is 10.6. The fourth-order valence-electron chi connectivity index (χ4n) is 3.86. The van der Waals surface area contributed by atoms with Gasteiger partial charge in [-0.15, -0.1) is 0 Å². The van der Waals surface area contributed by atoms with Crippen LogP contribution in [0.5, 0.6) is 17.2 Å². The largest absolute Gasteiger partial charge is 0.497 e. The Kier molecular flexibility index (Phi) is 8.00. The molecule has 1 aliphatic heterocycles. The van der Waals surface area contributed by atoms with Crippen LogP contribution in [0.3, 0.4) is 0 Å². The molecule has 1 saturated heterocycles. The van der Waals surface area contributed by atoms with E-state index in [1.54, 1.807) is 21.3 Å². The van der Waals surface area contributed by atoms with E-state index >= 15 is 0 Å². The zero-order valence-corrected chi connectivity index (χ0v) is 18.9. The third-order valence-electron chi connectivity index (χ3n) is 5.70. The van der Waals surface area contributed by atoms with Gasteiger partial charge in [-0.3, -0.25) is 4.99 Å². The van der Waals surface area contributed by atoms with Crippen LogP contribution in [0, 0.1) is 0 Å². The molecule has 1 aliphatic rings. The molecule has 0 spiro atoms. The summed E-state index contributed by atoms with van der Waals surface area (Å²) in [6.07, 6.45) is 1.89. The maximum Gasteiger partial charge on any atom is 0.195 e. The van der Waals surface area contributed by atoms with Crippen molar-refractivity contribution in [2.24, 2.45) is 4.99 Å². The summed E-state index contributed by atoms with van der Waals surface area (Å²) in [7, 11) is 5.09. The molecule has 2 aromatic rings. The maximum absolute atomic E-state index is 5.65. The maximum atomic E-state index is 5.65. The molecule has 3 rings (SSSR count). The summed E-state index contributed by atoms with van der Waals surface area (Å²) in [5.41, 5.74) is 2.12. The van der Waals surface area contributed by atoms with E-state index in [2.05, 4.69) is 27.8 Å². The van der Waals surface area contributed by atoms with Crippen molar-refractivity contribution < 1.29 is 18.9 Å². The number of ether oxygens (including phenoxy) is 4. The van der Waals surface area contributed by atoms with E-state index < -0.39 is 0 Å². The lowest BCUT2D eigenvalue weighted by atomic mass is 9.74. The van der Waals surface area contributed by atoms with E-state index in [0.717, 1.165) is 49.8 Å². The van der Waals surface area contributed by atoms with E-state index in [1.807, 2.05) is 37.3 Å². The van der Waals surface area contributed by atoms with Gasteiger partial charge in [-0.05, 0) is 49.6 Å². The van der Waals surface area contributed by atoms with Crippen LogP contribution in [0.1, 0.15) is 25.3 Å². The molecule has 0 unspecified atom stereocenters. The van der Waals surface area contributed by atoms with Crippen LogP contribution >= 0.6 is 0 Å². The van der Waals surface area contributed by atoms with Gasteiger partial charge in [-0.25, -0.2) is 0 Å². The predicted octanol–water partition coefficient (Wildman–Crippen LogP) is 3.84. The van der Waals surface area contributed by atoms with E-state index in [4.69, 9.17) is 18.9 Å². The van der Waals surface area contributed by atoms with Crippen molar-refractivity contribution in [2.75, 3.05) is 52.9 Å². The van der Waals surface area contributed by atoms with Gasteiger partial charge < -0.3 is 29.6 Å². The lowest BCUT2D eigenvalue weighted by Gasteiger charge is -2.38. The molecule has 7 nitrogen and oxygen atoms in total. The van der Waals surface area contributed by atoms with Gasteiger partial charge in [0.15, 0.2) is 17.5 Å². The van der Waals surface area contributed by atoms with Gasteiger partial charge >= 0.3 is 0 Å². The van der Waals surface area contributed by atoms with Gasteiger partial charge in [0.25, 0.3) is 0 Å². The zero-order chi connectivity index (χ0) is 22.1. The first kappa shape index (κ1) is 22.7. The summed E-state index contributed by atoms with van der Waals surface area (Å²) in [6.45, 7) is 4.78. The van der Waals surface area contributed by atoms with Crippen LogP contribution in [0.15, 0.2) is 47.5 Å². The number of rotatable bonds is 8. The Morgan fingerprint density at radius 3 is 2.39 bits per heavy atom. The van der Waals surface area contributed by atoms with Gasteiger partial charge in [-0.1, -0.05) is 12.1 Å². The number of aliphatic imine (C=N–C) groups is 1. The second kappa shape index (κ2) is 10.9. The lowest BCUT2D eigenvalue weighted by molar-refractivity contribution is 0.0514. The van der Waals surface area contributed by atoms with Crippen LogP contribution in [0.25, 0.3) is 0 Å². The standard InChI is InChI=1S/C24H33N3O4/c1-5-31-21-11-8-19(16-22(21)29-4)27-23(25-2)26-17-24(12-14-30-15-13-24)18-6-9-20(28-3)10-7-18/h6-11,16H,5,12-15,17H2,1-4H3,(H2,25,26,27). The number of benzene rings is 2. The minimum Gasteiger partial charge on any atom is -0.497 e. The van der Waals surface area contributed by atoms with Crippen molar-refractivity contribution in [1.82, 2.24) is 5.32 Å². The number of anilines is 1. The van der Waals surface area contributed by atoms with Gasteiger partial charge in [0, 0.05) is 44.0 Å². The average molecular weight is 428 g/mol. The van der Waals surface area contributed by atoms with Gasteiger partial charge in [0.1, 0.15) is 5.75 Å². The monoisotopic (exact) mass is 427 g/mol. The summed E-state index contributed by atoms with van der Waals surface area (Å²) in [6, 6.07) is 14.1. The minimum atomic E-state index is -0.0291. The van der Waals surface area contributed by atoms with E-state index in [0.29, 0.717) is 18.3 Å². The topological polar surface area (TPSA) is 73.3 Å². The van der Waals surface area contributed by atoms with Gasteiger partial charge in [0.05, 0.1) is 20.8 Å². The molecule has 31 heavy (non-hydrogen) atoms. The fraction of sp³-hybridized carbons (Fsp3) is 0.458. The summed E-state index contributed by atoms with van der Waals surface area (Å²) < 4.78 is 22.0. The Bertz CT molecular complexity index is 862. The number of hydrogen-bond donors (Lipinski definition) is 2. The highest BCUT2D eigenvalue weighted by Crippen LogP contribution is 2.35. The number of guanidine groups is 1. The molecule has 2 aromatic carbocycles. The molecule has 0 atom stereocenters. The number of hydrogen-bond acceptors (Lipinski definition) is 5. The third-order valence-corrected chi connectivity index (χ3v) is 5.70. The molecule has 168 valence electrons. The highest BCUT2D eigenvalue weighted by molar-refractivity contribution is 5.93. The van der Waals surface area contributed by atoms with Gasteiger partial charge in [0.2, 0.25) is 0 Å². The van der Waals surface area contributed by atoms with Crippen LogP contribution in [0.2, 0.25) is 0 Å². The zero-order valence-electron chi connectivity index (χ0n) is 18.9. The smallest absolute Gasteiger partial charge is 0.195 e.